The Kier molecular flexibility index (Phi) is 4.95. The van der Waals surface area contributed by atoms with E-state index < -0.39 is 11.6 Å². The first-order valence-electron chi connectivity index (χ1n) is 8.84. The first-order chi connectivity index (χ1) is 13.9. The molecule has 2 heterocycles. The number of thioether (sulfide) groups is 1. The average Bonchev–Trinajstić information content (AvgIpc) is 3.08. The fraction of sp³-hybridized carbons (Fsp3) is 0.238. The number of carbonyl (C=O) groups excluding carboxylic acids is 1. The maximum atomic E-state index is 13.1. The van der Waals surface area contributed by atoms with Gasteiger partial charge in [0.15, 0.2) is 17.2 Å². The van der Waals surface area contributed by atoms with Gasteiger partial charge in [0.2, 0.25) is 5.91 Å². The van der Waals surface area contributed by atoms with E-state index in [1.54, 1.807) is 36.4 Å². The molecule has 0 saturated carbocycles. The van der Waals surface area contributed by atoms with Gasteiger partial charge in [-0.25, -0.2) is 0 Å². The minimum Gasteiger partial charge on any atom is -0.504 e. The monoisotopic (exact) mass is 428 g/mol. The summed E-state index contributed by atoms with van der Waals surface area (Å²) in [6.45, 7) is 0. The van der Waals surface area contributed by atoms with E-state index in [1.807, 2.05) is 0 Å². The summed E-state index contributed by atoms with van der Waals surface area (Å²) in [6.07, 6.45) is 0.0246. The number of methoxy groups -OCH3 is 1. The number of benzene rings is 2. The lowest BCUT2D eigenvalue weighted by molar-refractivity contribution is -0.149. The van der Waals surface area contributed by atoms with Crippen LogP contribution in [0.5, 0.6) is 11.5 Å². The highest BCUT2D eigenvalue weighted by atomic mass is 35.5. The number of rotatable bonds is 3. The topological polar surface area (TPSA) is 93.8 Å². The quantitative estimate of drug-likeness (QED) is 0.774. The molecule has 148 valence electrons. The molecule has 2 atom stereocenters. The highest BCUT2D eigenvalue weighted by molar-refractivity contribution is 8.03. The number of hydrogen-bond acceptors (Lipinski definition) is 6. The number of phenols is 1. The molecule has 0 spiro atoms. The molecule has 6 nitrogen and oxygen atoms in total. The Morgan fingerprint density at radius 1 is 1.31 bits per heavy atom. The van der Waals surface area contributed by atoms with Gasteiger partial charge in [0.05, 0.1) is 29.5 Å². The van der Waals surface area contributed by atoms with Crippen LogP contribution in [0.2, 0.25) is 5.02 Å². The van der Waals surface area contributed by atoms with Gasteiger partial charge in [-0.2, -0.15) is 5.26 Å². The molecular weight excluding hydrogens is 412 g/mol. The van der Waals surface area contributed by atoms with Crippen molar-refractivity contribution in [3.63, 3.8) is 0 Å². The molecule has 2 aliphatic rings. The standard InChI is InChI=1S/C21H17ClN2O4S/c1-28-18-8-12(2-7-17(18)25)15-9-19(26)24-20(16(15)10-23)29-11-21(24,27)13-3-5-14(22)6-4-13/h2-8,15,25,27H,9,11H2,1H3. The summed E-state index contributed by atoms with van der Waals surface area (Å²) in [5.74, 6) is -0.284. The van der Waals surface area contributed by atoms with Crippen molar-refractivity contribution in [3.8, 4) is 17.6 Å². The summed E-state index contributed by atoms with van der Waals surface area (Å²) in [5.41, 5.74) is 0.104. The zero-order chi connectivity index (χ0) is 20.8. The molecule has 0 aliphatic carbocycles. The number of hydrogen-bond donors (Lipinski definition) is 2. The lowest BCUT2D eigenvalue weighted by atomic mass is 9.85. The highest BCUT2D eigenvalue weighted by Gasteiger charge is 2.51. The molecule has 1 fully saturated rings. The maximum Gasteiger partial charge on any atom is 0.231 e. The number of ether oxygens (including phenoxy) is 1. The summed E-state index contributed by atoms with van der Waals surface area (Å²) < 4.78 is 5.16. The first-order valence-corrected chi connectivity index (χ1v) is 10.2. The molecule has 1 amide bonds. The molecule has 1 saturated heterocycles. The van der Waals surface area contributed by atoms with Crippen molar-refractivity contribution in [2.24, 2.45) is 0 Å². The van der Waals surface area contributed by atoms with E-state index in [9.17, 15) is 20.3 Å². The largest absolute Gasteiger partial charge is 0.504 e. The van der Waals surface area contributed by atoms with Crippen molar-refractivity contribution in [2.75, 3.05) is 12.9 Å². The Morgan fingerprint density at radius 3 is 2.69 bits per heavy atom. The van der Waals surface area contributed by atoms with Crippen LogP contribution < -0.4 is 4.74 Å². The number of allylic oxidation sites excluding steroid dienone is 1. The third kappa shape index (κ3) is 3.14. The first kappa shape index (κ1) is 19.6. The predicted octanol–water partition coefficient (Wildman–Crippen LogP) is 3.70. The molecule has 2 N–H and O–H groups in total. The van der Waals surface area contributed by atoms with Crippen molar-refractivity contribution < 1.29 is 19.7 Å². The Balaban J connectivity index is 1.80. The Morgan fingerprint density at radius 2 is 2.03 bits per heavy atom. The van der Waals surface area contributed by atoms with Crippen molar-refractivity contribution >= 4 is 29.3 Å². The molecule has 2 aromatic carbocycles. The Hall–Kier alpha value is -2.66. The smallest absolute Gasteiger partial charge is 0.231 e. The SMILES string of the molecule is COc1cc(C2CC(=O)N3C(=C2C#N)SCC3(O)c2ccc(Cl)cc2)ccc1O. The van der Waals surface area contributed by atoms with E-state index in [0.29, 0.717) is 26.8 Å². The third-order valence-electron chi connectivity index (χ3n) is 5.22. The maximum absolute atomic E-state index is 13.1. The summed E-state index contributed by atoms with van der Waals surface area (Å²) in [5, 5.41) is 32.1. The summed E-state index contributed by atoms with van der Waals surface area (Å²) >= 11 is 7.23. The fourth-order valence-electron chi connectivity index (χ4n) is 3.75. The van der Waals surface area contributed by atoms with Gasteiger partial charge >= 0.3 is 0 Å². The minimum atomic E-state index is -1.54. The van der Waals surface area contributed by atoms with Crippen molar-refractivity contribution in [1.82, 2.24) is 4.90 Å². The third-order valence-corrected chi connectivity index (χ3v) is 6.70. The second-order valence-corrected chi connectivity index (χ2v) is 8.26. The van der Waals surface area contributed by atoms with Gasteiger partial charge in [-0.3, -0.25) is 9.69 Å². The molecular formula is C21H17ClN2O4S. The molecule has 8 heteroatoms. The van der Waals surface area contributed by atoms with Crippen LogP contribution in [0.25, 0.3) is 0 Å². The normalized spacial score (nSPS) is 23.7. The molecule has 2 unspecified atom stereocenters. The number of fused-ring (bicyclic) bond motifs is 1. The van der Waals surface area contributed by atoms with Crippen molar-refractivity contribution in [2.45, 2.75) is 18.1 Å². The number of halogens is 1. The van der Waals surface area contributed by atoms with E-state index in [-0.39, 0.29) is 29.6 Å². The van der Waals surface area contributed by atoms with E-state index >= 15 is 0 Å². The number of amides is 1. The van der Waals surface area contributed by atoms with Crippen LogP contribution in [-0.2, 0) is 10.5 Å². The molecule has 2 aliphatic heterocycles. The second kappa shape index (κ2) is 7.30. The number of aliphatic hydroxyl groups is 1. The van der Waals surface area contributed by atoms with Crippen LogP contribution in [0.1, 0.15) is 23.5 Å². The molecule has 0 radical (unpaired) electrons. The molecule has 0 aromatic heterocycles. The van der Waals surface area contributed by atoms with Gasteiger partial charge in [0.25, 0.3) is 0 Å². The van der Waals surface area contributed by atoms with Gasteiger partial charge in [-0.1, -0.05) is 29.8 Å². The van der Waals surface area contributed by atoms with Gasteiger partial charge < -0.3 is 14.9 Å². The number of nitrogens with zero attached hydrogens (tertiary/aromatic N) is 2. The van der Waals surface area contributed by atoms with Crippen LogP contribution in [0, 0.1) is 11.3 Å². The van der Waals surface area contributed by atoms with E-state index in [0.717, 1.165) is 0 Å². The van der Waals surface area contributed by atoms with E-state index in [2.05, 4.69) is 6.07 Å². The molecule has 2 aromatic rings. The average molecular weight is 429 g/mol. The Bertz CT molecular complexity index is 1060. The summed E-state index contributed by atoms with van der Waals surface area (Å²) in [6, 6.07) is 13.7. The number of phenolic OH excluding ortho intramolecular Hbond substituents is 1. The van der Waals surface area contributed by atoms with Crippen molar-refractivity contribution in [3.05, 3.63) is 69.2 Å². The Labute approximate surface area is 177 Å². The lowest BCUT2D eigenvalue weighted by Gasteiger charge is -2.38. The van der Waals surface area contributed by atoms with E-state index in [4.69, 9.17) is 16.3 Å². The van der Waals surface area contributed by atoms with E-state index in [1.165, 1.54) is 29.8 Å². The number of aromatic hydroxyl groups is 1. The van der Waals surface area contributed by atoms with Gasteiger partial charge in [0, 0.05) is 22.9 Å². The minimum absolute atomic E-state index is 0.0153. The summed E-state index contributed by atoms with van der Waals surface area (Å²) in [7, 11) is 1.44. The van der Waals surface area contributed by atoms with Crippen LogP contribution >= 0.6 is 23.4 Å². The molecule has 0 bridgehead atoms. The van der Waals surface area contributed by atoms with Gasteiger partial charge in [0.1, 0.15) is 0 Å². The van der Waals surface area contributed by atoms with Gasteiger partial charge in [-0.15, -0.1) is 11.8 Å². The molecule has 4 rings (SSSR count). The van der Waals surface area contributed by atoms with Crippen LogP contribution in [0.15, 0.2) is 53.1 Å². The second-order valence-electron chi connectivity index (χ2n) is 6.86. The number of carbonyl (C=O) groups is 1. The zero-order valence-electron chi connectivity index (χ0n) is 15.4. The molecule has 29 heavy (non-hydrogen) atoms. The zero-order valence-corrected chi connectivity index (χ0v) is 17.0. The van der Waals surface area contributed by atoms with Gasteiger partial charge in [-0.05, 0) is 29.8 Å². The number of nitriles is 1. The van der Waals surface area contributed by atoms with Crippen LogP contribution in [-0.4, -0.2) is 33.9 Å². The summed E-state index contributed by atoms with van der Waals surface area (Å²) in [4.78, 5) is 14.4. The predicted molar refractivity (Wildman–Crippen MR) is 109 cm³/mol. The lowest BCUT2D eigenvalue weighted by Crippen LogP contribution is -2.48. The van der Waals surface area contributed by atoms with Crippen LogP contribution in [0.4, 0.5) is 0 Å². The fourth-order valence-corrected chi connectivity index (χ4v) is 5.24. The van der Waals surface area contributed by atoms with Crippen LogP contribution in [0.3, 0.4) is 0 Å². The van der Waals surface area contributed by atoms with Crippen molar-refractivity contribution in [1.29, 1.82) is 5.26 Å². The highest BCUT2D eigenvalue weighted by Crippen LogP contribution is 2.52.